The van der Waals surface area contributed by atoms with Gasteiger partial charge in [0.1, 0.15) is 24.4 Å². The van der Waals surface area contributed by atoms with Crippen molar-refractivity contribution in [2.75, 3.05) is 34.5 Å². The average Bonchev–Trinajstić information content (AvgIpc) is 1.54. The molecule has 4 bridgehead atoms. The third-order valence-electron chi connectivity index (χ3n) is 24.0. The molecular formula is C86H154F8O23. The van der Waals surface area contributed by atoms with Crippen molar-refractivity contribution in [2.45, 2.75) is 394 Å². The van der Waals surface area contributed by atoms with E-state index in [1.807, 2.05) is 132 Å². The third-order valence-corrected chi connectivity index (χ3v) is 24.0. The highest BCUT2D eigenvalue weighted by atomic mass is 19.4. The van der Waals surface area contributed by atoms with Crippen molar-refractivity contribution >= 4 is 53.9 Å². The molecule has 31 heteroatoms. The quantitative estimate of drug-likeness (QED) is 0.0281. The highest BCUT2D eigenvalue weighted by Crippen LogP contribution is 2.64. The minimum absolute atomic E-state index is 0.0380. The number of hydrogen-bond donors (Lipinski definition) is 6. The molecule has 5 rings (SSSR count). The Morgan fingerprint density at radius 3 is 1.03 bits per heavy atom. The van der Waals surface area contributed by atoms with Crippen molar-refractivity contribution in [1.82, 2.24) is 0 Å². The van der Waals surface area contributed by atoms with Gasteiger partial charge in [-0.1, -0.05) is 54.9 Å². The van der Waals surface area contributed by atoms with Crippen molar-refractivity contribution in [3.63, 3.8) is 0 Å². The molecule has 5 aliphatic carbocycles. The molecule has 0 aromatic heterocycles. The predicted molar refractivity (Wildman–Crippen MR) is 427 cm³/mol. The molecule has 0 amide bonds. The number of ether oxygens (including phenoxy) is 7. The van der Waals surface area contributed by atoms with Crippen molar-refractivity contribution in [2.24, 2.45) is 67.5 Å². The zero-order valence-electron chi connectivity index (χ0n) is 77.1. The first kappa shape index (κ1) is 120. The molecule has 0 radical (unpaired) electrons. The maximum Gasteiger partial charge on any atom is 0.423 e. The zero-order valence-corrected chi connectivity index (χ0v) is 77.1. The molecule has 5 aliphatic rings. The van der Waals surface area contributed by atoms with Gasteiger partial charge in [-0.25, -0.2) is 8.78 Å². The van der Waals surface area contributed by atoms with E-state index in [9.17, 15) is 99.0 Å². The highest BCUT2D eigenvalue weighted by molar-refractivity contribution is 5.79. The first-order valence-corrected chi connectivity index (χ1v) is 40.6. The van der Waals surface area contributed by atoms with Crippen molar-refractivity contribution in [3.05, 3.63) is 0 Å². The second kappa shape index (κ2) is 48.3. The lowest BCUT2D eigenvalue weighted by atomic mass is 9.80. The van der Waals surface area contributed by atoms with Crippen LogP contribution < -0.4 is 0 Å². The van der Waals surface area contributed by atoms with E-state index < -0.39 is 96.9 Å². The van der Waals surface area contributed by atoms with Gasteiger partial charge in [-0.05, 0) is 293 Å². The molecule has 0 aromatic rings. The number of alkyl halides is 8. The van der Waals surface area contributed by atoms with Gasteiger partial charge < -0.3 is 63.8 Å². The van der Waals surface area contributed by atoms with Gasteiger partial charge in [0.25, 0.3) is 5.92 Å². The molecule has 117 heavy (non-hydrogen) atoms. The SMILES string of the molecule is CC(O)(CC1CC2CCC1C2)C(F)(F)F.CCC(C)(C)C(=O)OC.CCC(C)(C)C(=O)OC.CCC(C)(C)C(=O)OC.CCC(C)(C)C(=O)OC(C)(C)C(C)(C)O.CCC(C)(C)C(=O)OC1(C(C)(C)O)CCCC1.CCC(C)(C)C(=O)OCC(C)(C)O.CCC(C)(C)C(=O)OCCC(=O)O.O=C=O.OC1(C(F)(F)F)C2CCC(C2)C1(F)F. The van der Waals surface area contributed by atoms with E-state index in [0.717, 1.165) is 84.0 Å². The summed E-state index contributed by atoms with van der Waals surface area (Å²) in [6, 6.07) is 0. The molecule has 0 aliphatic heterocycles. The van der Waals surface area contributed by atoms with Gasteiger partial charge in [0.05, 0.1) is 82.5 Å². The number of fused-ring (bicyclic) bond motifs is 4. The Balaban J connectivity index is -0.000000403. The standard InChI is InChI=1S/C14H26O3.C12H24O3.C11H17F3O.C10H20O3.C9H16O4.C8H9F5O.3C7H14O2.CO2/c1-6-12(2,3)11(15)17-14(13(4,5)16)9-7-8-10-14;1-8-10(2,3)9(13)15-12(6,7)11(4,5)14;1-10(15,11(12,13)14)6-9-5-7-2-3-8(9)4-7;1-6-9(2,3)8(11)13-7-10(4,5)12;1-4-9(2,3)8(12)13-6-5-7(10)11;9-7(10)5-2-1-4(3-5)6(7,14)8(11,12)13;3*1-5-7(2,3)6(8)9-4;2-1-3/h16H,6-10H2,1-5H3;14H,8H2,1-7H3;7-9,15H,2-6H2,1H3;12H,6-7H2,1-5H3;4-6H2,1-3H3,(H,10,11);4-5,14H,1-3H2;3*5H2,1-4H3;. The molecule has 5 saturated carbocycles. The Labute approximate surface area is 693 Å². The Morgan fingerprint density at radius 1 is 0.453 bits per heavy atom. The molecule has 0 aromatic carbocycles. The van der Waals surface area contributed by atoms with Crippen LogP contribution in [0.1, 0.15) is 336 Å². The summed E-state index contributed by atoms with van der Waals surface area (Å²) in [6.07, 6.45) is 3.27. The first-order valence-electron chi connectivity index (χ1n) is 40.6. The van der Waals surface area contributed by atoms with Crippen molar-refractivity contribution in [3.8, 4) is 0 Å². The van der Waals surface area contributed by atoms with Crippen LogP contribution in [-0.2, 0) is 81.1 Å². The van der Waals surface area contributed by atoms with Crippen LogP contribution in [0.25, 0.3) is 0 Å². The monoisotopic (exact) mass is 1710 g/mol. The fraction of sp³-hybridized carbons (Fsp3) is 0.895. The van der Waals surface area contributed by atoms with Gasteiger partial charge in [0, 0.05) is 11.8 Å². The van der Waals surface area contributed by atoms with Gasteiger partial charge in [-0.3, -0.25) is 38.4 Å². The fourth-order valence-electron chi connectivity index (χ4n) is 11.2. The second-order valence-corrected chi connectivity index (χ2v) is 38.0. The summed E-state index contributed by atoms with van der Waals surface area (Å²) in [7, 11) is 4.25. The largest absolute Gasteiger partial charge is 0.481 e. The molecule has 0 spiro atoms. The van der Waals surface area contributed by atoms with Gasteiger partial charge in [-0.2, -0.15) is 35.9 Å². The second-order valence-electron chi connectivity index (χ2n) is 38.0. The van der Waals surface area contributed by atoms with Gasteiger partial charge in [0.15, 0.2) is 5.60 Å². The molecule has 5 fully saturated rings. The molecule has 7 unspecified atom stereocenters. The highest BCUT2D eigenvalue weighted by Gasteiger charge is 2.80. The summed E-state index contributed by atoms with van der Waals surface area (Å²) in [4.78, 5) is 106. The molecule has 0 heterocycles. The van der Waals surface area contributed by atoms with E-state index in [2.05, 4.69) is 14.2 Å². The van der Waals surface area contributed by atoms with Gasteiger partial charge in [0.2, 0.25) is 5.60 Å². The first-order chi connectivity index (χ1) is 52.2. The molecule has 7 atom stereocenters. The molecule has 0 saturated heterocycles. The number of carbonyl (C=O) groups is 8. The maximum absolute atomic E-state index is 13.2. The summed E-state index contributed by atoms with van der Waals surface area (Å²) in [5.41, 5.74) is -13.7. The smallest absolute Gasteiger partial charge is 0.423 e. The number of carboxylic acid groups (broad SMARTS) is 1. The topological polar surface area (TPSA) is 357 Å². The number of hydrogen-bond acceptors (Lipinski definition) is 22. The maximum atomic E-state index is 13.2. The van der Waals surface area contributed by atoms with E-state index in [4.69, 9.17) is 33.6 Å². The number of aliphatic hydroxyl groups is 5. The lowest BCUT2D eigenvalue weighted by Gasteiger charge is -2.41. The number of carboxylic acids is 1. The summed E-state index contributed by atoms with van der Waals surface area (Å²) in [5, 5.41) is 56.3. The van der Waals surface area contributed by atoms with Crippen molar-refractivity contribution < 1.29 is 147 Å². The van der Waals surface area contributed by atoms with Crippen LogP contribution in [0.4, 0.5) is 35.1 Å². The van der Waals surface area contributed by atoms with E-state index in [1.165, 1.54) is 27.8 Å². The summed E-state index contributed by atoms with van der Waals surface area (Å²) < 4.78 is 136. The zero-order chi connectivity index (χ0) is 94.2. The van der Waals surface area contributed by atoms with Crippen molar-refractivity contribution in [1.29, 1.82) is 0 Å². The fourth-order valence-corrected chi connectivity index (χ4v) is 11.2. The Bertz CT molecular complexity index is 2980. The molecule has 692 valence electrons. The van der Waals surface area contributed by atoms with Crippen LogP contribution in [0.5, 0.6) is 0 Å². The van der Waals surface area contributed by atoms with Crippen LogP contribution >= 0.6 is 0 Å². The summed E-state index contributed by atoms with van der Waals surface area (Å²) >= 11 is 0. The number of carbonyl (C=O) groups excluding carboxylic acids is 9. The number of halogens is 8. The van der Waals surface area contributed by atoms with Crippen LogP contribution in [0.3, 0.4) is 0 Å². The minimum Gasteiger partial charge on any atom is -0.481 e. The van der Waals surface area contributed by atoms with Crippen LogP contribution in [0, 0.1) is 67.5 Å². The van der Waals surface area contributed by atoms with Crippen LogP contribution in [-0.4, -0.2) is 177 Å². The average molecular weight is 1710 g/mol. The van der Waals surface area contributed by atoms with Crippen LogP contribution in [0.2, 0.25) is 0 Å². The number of esters is 7. The Hall–Kier alpha value is -5.62. The summed E-state index contributed by atoms with van der Waals surface area (Å²) in [6.45, 7) is 53.9. The third kappa shape index (κ3) is 39.0. The van der Waals surface area contributed by atoms with E-state index in [1.54, 1.807) is 69.2 Å². The number of methoxy groups -OCH3 is 3. The lowest BCUT2D eigenvalue weighted by molar-refractivity contribution is -0.346. The predicted octanol–water partition coefficient (Wildman–Crippen LogP) is 18.4. The molecule has 23 nitrogen and oxygen atoms in total. The van der Waals surface area contributed by atoms with E-state index >= 15 is 0 Å². The number of rotatable bonds is 25. The normalized spacial score (nSPS) is 20.5. The lowest BCUT2D eigenvalue weighted by Crippen LogP contribution is -2.62. The van der Waals surface area contributed by atoms with Crippen LogP contribution in [0.15, 0.2) is 0 Å². The van der Waals surface area contributed by atoms with Gasteiger partial charge >= 0.3 is 66.3 Å². The van der Waals surface area contributed by atoms with E-state index in [-0.39, 0.29) is 115 Å². The Kier molecular flexibility index (Phi) is 49.5. The Morgan fingerprint density at radius 2 is 0.786 bits per heavy atom. The molecule has 6 N–H and O–H groups in total. The van der Waals surface area contributed by atoms with Gasteiger partial charge in [-0.15, -0.1) is 0 Å². The minimum atomic E-state index is -5.24. The number of aliphatic carboxylic acids is 1. The summed E-state index contributed by atoms with van der Waals surface area (Å²) in [5.74, 6) is -7.92. The molecular weight excluding hydrogens is 1550 g/mol. The van der Waals surface area contributed by atoms with E-state index in [0.29, 0.717) is 24.7 Å².